The van der Waals surface area contributed by atoms with E-state index in [9.17, 15) is 14.4 Å². The molecular formula is C13H21NO7. The van der Waals surface area contributed by atoms with Crippen molar-refractivity contribution < 1.29 is 33.3 Å². The van der Waals surface area contributed by atoms with E-state index < -0.39 is 42.6 Å². The zero-order valence-electron chi connectivity index (χ0n) is 12.7. The van der Waals surface area contributed by atoms with Crippen LogP contribution < -0.4 is 5.32 Å². The first-order chi connectivity index (χ1) is 9.76. The maximum atomic E-state index is 11.4. The van der Waals surface area contributed by atoms with Crippen molar-refractivity contribution in [2.75, 3.05) is 7.11 Å². The number of esters is 2. The van der Waals surface area contributed by atoms with Gasteiger partial charge in [-0.3, -0.25) is 14.4 Å². The van der Waals surface area contributed by atoms with E-state index in [1.807, 2.05) is 0 Å². The lowest BCUT2D eigenvalue weighted by Crippen LogP contribution is -2.65. The zero-order valence-corrected chi connectivity index (χ0v) is 12.7. The van der Waals surface area contributed by atoms with Crippen molar-refractivity contribution in [2.24, 2.45) is 0 Å². The summed E-state index contributed by atoms with van der Waals surface area (Å²) in [6, 6.07) is -0.760. The van der Waals surface area contributed by atoms with E-state index in [1.54, 1.807) is 6.92 Å². The molecule has 0 saturated carbocycles. The highest BCUT2D eigenvalue weighted by Gasteiger charge is 2.48. The molecule has 0 aliphatic carbocycles. The van der Waals surface area contributed by atoms with Gasteiger partial charge in [0.2, 0.25) is 5.91 Å². The van der Waals surface area contributed by atoms with Crippen molar-refractivity contribution in [1.82, 2.24) is 5.32 Å². The predicted molar refractivity (Wildman–Crippen MR) is 70.1 cm³/mol. The minimum absolute atomic E-state index is 0.349. The number of amides is 1. The van der Waals surface area contributed by atoms with Gasteiger partial charge in [-0.25, -0.2) is 0 Å². The van der Waals surface area contributed by atoms with Gasteiger partial charge in [0.15, 0.2) is 18.5 Å². The Labute approximate surface area is 123 Å². The summed E-state index contributed by atoms with van der Waals surface area (Å²) in [5, 5.41) is 2.63. The van der Waals surface area contributed by atoms with Gasteiger partial charge in [0.05, 0.1) is 6.10 Å². The molecule has 1 aliphatic heterocycles. The van der Waals surface area contributed by atoms with Crippen LogP contribution in [0, 0.1) is 0 Å². The van der Waals surface area contributed by atoms with E-state index in [1.165, 1.54) is 27.9 Å². The van der Waals surface area contributed by atoms with Crippen LogP contribution in [0.2, 0.25) is 0 Å². The number of carbonyl (C=O) groups excluding carboxylic acids is 3. The summed E-state index contributed by atoms with van der Waals surface area (Å²) in [5.74, 6) is -1.43. The van der Waals surface area contributed by atoms with E-state index in [4.69, 9.17) is 18.9 Å². The molecule has 120 valence electrons. The fraction of sp³-hybridized carbons (Fsp3) is 0.769. The first kappa shape index (κ1) is 17.4. The molecule has 4 unspecified atom stereocenters. The molecule has 1 heterocycles. The quantitative estimate of drug-likeness (QED) is 0.714. The van der Waals surface area contributed by atoms with Crippen LogP contribution in [0.15, 0.2) is 0 Å². The van der Waals surface area contributed by atoms with Crippen LogP contribution in [0.1, 0.15) is 27.7 Å². The van der Waals surface area contributed by atoms with E-state index in [-0.39, 0.29) is 5.91 Å². The number of hydrogen-bond acceptors (Lipinski definition) is 7. The minimum Gasteiger partial charge on any atom is -0.457 e. The normalized spacial score (nSPS) is 32.1. The summed E-state index contributed by atoms with van der Waals surface area (Å²) in [4.78, 5) is 33.9. The molecule has 1 fully saturated rings. The fourth-order valence-corrected chi connectivity index (χ4v) is 2.28. The van der Waals surface area contributed by atoms with Gasteiger partial charge in [0, 0.05) is 27.9 Å². The number of hydrogen-bond donors (Lipinski definition) is 1. The average molecular weight is 303 g/mol. The highest BCUT2D eigenvalue weighted by molar-refractivity contribution is 5.74. The van der Waals surface area contributed by atoms with Gasteiger partial charge in [-0.1, -0.05) is 0 Å². The van der Waals surface area contributed by atoms with Crippen LogP contribution >= 0.6 is 0 Å². The third-order valence-corrected chi connectivity index (χ3v) is 2.99. The molecule has 8 nitrogen and oxygen atoms in total. The van der Waals surface area contributed by atoms with Gasteiger partial charge in [0.1, 0.15) is 6.04 Å². The SMILES string of the molecule is CO[C@@H]1OC(C)C(OC(C)=O)C(NC(C)=O)C1OC(C)=O. The molecule has 1 N–H and O–H groups in total. The molecule has 21 heavy (non-hydrogen) atoms. The Morgan fingerprint density at radius 3 is 1.95 bits per heavy atom. The molecule has 0 aromatic heterocycles. The van der Waals surface area contributed by atoms with Crippen molar-refractivity contribution in [1.29, 1.82) is 0 Å². The lowest BCUT2D eigenvalue weighted by Gasteiger charge is -2.43. The van der Waals surface area contributed by atoms with Crippen molar-refractivity contribution in [3.05, 3.63) is 0 Å². The van der Waals surface area contributed by atoms with Crippen molar-refractivity contribution >= 4 is 17.8 Å². The molecular weight excluding hydrogens is 282 g/mol. The molecule has 5 atom stereocenters. The van der Waals surface area contributed by atoms with Crippen LogP contribution in [0.4, 0.5) is 0 Å². The smallest absolute Gasteiger partial charge is 0.303 e. The second-order valence-corrected chi connectivity index (χ2v) is 4.82. The summed E-state index contributed by atoms with van der Waals surface area (Å²) in [6.07, 6.45) is -3.12. The molecule has 1 saturated heterocycles. The third-order valence-electron chi connectivity index (χ3n) is 2.99. The van der Waals surface area contributed by atoms with Gasteiger partial charge in [-0.2, -0.15) is 0 Å². The summed E-state index contributed by atoms with van der Waals surface area (Å²) >= 11 is 0. The lowest BCUT2D eigenvalue weighted by atomic mass is 9.96. The maximum Gasteiger partial charge on any atom is 0.303 e. The van der Waals surface area contributed by atoms with Gasteiger partial charge in [-0.15, -0.1) is 0 Å². The lowest BCUT2D eigenvalue weighted by molar-refractivity contribution is -0.270. The molecule has 0 bridgehead atoms. The summed E-state index contributed by atoms with van der Waals surface area (Å²) in [6.45, 7) is 5.48. The summed E-state index contributed by atoms with van der Waals surface area (Å²) in [5.41, 5.74) is 0. The van der Waals surface area contributed by atoms with E-state index in [0.29, 0.717) is 0 Å². The summed E-state index contributed by atoms with van der Waals surface area (Å²) < 4.78 is 21.1. The number of carbonyl (C=O) groups is 3. The second kappa shape index (κ2) is 7.37. The fourth-order valence-electron chi connectivity index (χ4n) is 2.28. The Morgan fingerprint density at radius 2 is 1.52 bits per heavy atom. The Balaban J connectivity index is 3.08. The number of nitrogens with one attached hydrogen (secondary N) is 1. The van der Waals surface area contributed by atoms with Crippen LogP contribution in [0.3, 0.4) is 0 Å². The average Bonchev–Trinajstić information content (AvgIpc) is 2.35. The van der Waals surface area contributed by atoms with Crippen molar-refractivity contribution in [3.8, 4) is 0 Å². The van der Waals surface area contributed by atoms with Crippen molar-refractivity contribution in [3.63, 3.8) is 0 Å². The largest absolute Gasteiger partial charge is 0.457 e. The number of rotatable bonds is 4. The topological polar surface area (TPSA) is 100 Å². The maximum absolute atomic E-state index is 11.4. The van der Waals surface area contributed by atoms with Crippen LogP contribution in [0.5, 0.6) is 0 Å². The van der Waals surface area contributed by atoms with Crippen molar-refractivity contribution in [2.45, 2.75) is 58.3 Å². The molecule has 1 aliphatic rings. The molecule has 0 aromatic carbocycles. The summed E-state index contributed by atoms with van der Waals surface area (Å²) in [7, 11) is 1.39. The first-order valence-electron chi connectivity index (χ1n) is 6.56. The molecule has 8 heteroatoms. The number of methoxy groups -OCH3 is 1. The zero-order chi connectivity index (χ0) is 16.2. The van der Waals surface area contributed by atoms with Gasteiger partial charge in [0.25, 0.3) is 0 Å². The van der Waals surface area contributed by atoms with Gasteiger partial charge in [-0.05, 0) is 6.92 Å². The van der Waals surface area contributed by atoms with Gasteiger partial charge >= 0.3 is 11.9 Å². The van der Waals surface area contributed by atoms with Gasteiger partial charge < -0.3 is 24.3 Å². The van der Waals surface area contributed by atoms with E-state index in [2.05, 4.69) is 5.32 Å². The standard InChI is InChI=1S/C13H21NO7/c1-6-11(20-8(3)16)10(14-7(2)15)12(21-9(4)17)13(18-5)19-6/h6,10-13H,1-5H3,(H,14,15)/t6?,10?,11?,12?,13-/m1/s1. The van der Waals surface area contributed by atoms with Crippen LogP contribution in [-0.4, -0.2) is 55.6 Å². The van der Waals surface area contributed by atoms with Crippen LogP contribution in [0.25, 0.3) is 0 Å². The Kier molecular flexibility index (Phi) is 6.10. The Morgan fingerprint density at radius 1 is 1.00 bits per heavy atom. The minimum atomic E-state index is -0.919. The Hall–Kier alpha value is -1.67. The van der Waals surface area contributed by atoms with E-state index >= 15 is 0 Å². The second-order valence-electron chi connectivity index (χ2n) is 4.82. The molecule has 0 aromatic rings. The molecule has 1 rings (SSSR count). The molecule has 1 amide bonds. The molecule has 0 radical (unpaired) electrons. The highest BCUT2D eigenvalue weighted by Crippen LogP contribution is 2.26. The third kappa shape index (κ3) is 4.68. The predicted octanol–water partition coefficient (Wildman–Crippen LogP) is -0.254. The van der Waals surface area contributed by atoms with E-state index in [0.717, 1.165) is 0 Å². The number of ether oxygens (including phenoxy) is 4. The Bertz CT molecular complexity index is 411. The highest BCUT2D eigenvalue weighted by atomic mass is 16.7. The monoisotopic (exact) mass is 303 g/mol. The van der Waals surface area contributed by atoms with Crippen LogP contribution in [-0.2, 0) is 33.3 Å². The first-order valence-corrected chi connectivity index (χ1v) is 6.56. The molecule has 0 spiro atoms.